The molecule has 0 unspecified atom stereocenters. The van der Waals surface area contributed by atoms with Crippen LogP contribution < -0.4 is 0 Å². The van der Waals surface area contributed by atoms with Crippen LogP contribution in [-0.2, 0) is 0 Å². The van der Waals surface area contributed by atoms with Gasteiger partial charge in [-0.25, -0.2) is 0 Å². The van der Waals surface area contributed by atoms with Crippen molar-refractivity contribution >= 4 is 0 Å². The van der Waals surface area contributed by atoms with Gasteiger partial charge in [0.2, 0.25) is 0 Å². The smallest absolute Gasteiger partial charge is 0.0431 e. The van der Waals surface area contributed by atoms with Gasteiger partial charge in [-0.2, -0.15) is 0 Å². The Balaban J connectivity index is 2.45. The molecule has 1 heteroatoms. The van der Waals surface area contributed by atoms with Crippen LogP contribution in [0.25, 0.3) is 0 Å². The minimum atomic E-state index is 0.330. The Kier molecular flexibility index (Phi) is 5.93. The van der Waals surface area contributed by atoms with Crippen molar-refractivity contribution in [2.24, 2.45) is 0 Å². The fourth-order valence-electron chi connectivity index (χ4n) is 0.440. The number of rotatable bonds is 4. The van der Waals surface area contributed by atoms with Crippen LogP contribution >= 0.6 is 0 Å². The summed E-state index contributed by atoms with van der Waals surface area (Å²) in [6, 6.07) is 0. The van der Waals surface area contributed by atoms with Crippen molar-refractivity contribution in [2.75, 3.05) is 6.61 Å². The zero-order chi connectivity index (χ0) is 5.54. The summed E-state index contributed by atoms with van der Waals surface area (Å²) in [4.78, 5) is 0. The molecule has 1 radical (unpaired) electrons. The third-order valence-electron chi connectivity index (χ3n) is 0.855. The maximum absolute atomic E-state index is 8.27. The van der Waals surface area contributed by atoms with Crippen molar-refractivity contribution in [2.45, 2.75) is 26.2 Å². The van der Waals surface area contributed by atoms with Gasteiger partial charge >= 0.3 is 0 Å². The fraction of sp³-hybridized carbons (Fsp3) is 0.833. The van der Waals surface area contributed by atoms with Crippen molar-refractivity contribution in [1.82, 2.24) is 0 Å². The molecular weight excluding hydrogens is 88.1 g/mol. The van der Waals surface area contributed by atoms with E-state index in [0.29, 0.717) is 6.61 Å². The van der Waals surface area contributed by atoms with Gasteiger partial charge in [0.05, 0.1) is 0 Å². The summed E-state index contributed by atoms with van der Waals surface area (Å²) in [6.07, 6.45) is 5.29. The Bertz CT molecular complexity index is 23.4. The Labute approximate surface area is 45.4 Å². The first-order valence-corrected chi connectivity index (χ1v) is 2.84. The minimum Gasteiger partial charge on any atom is -0.396 e. The van der Waals surface area contributed by atoms with Crippen molar-refractivity contribution in [3.63, 3.8) is 0 Å². The molecule has 0 aliphatic carbocycles. The summed E-state index contributed by atoms with van der Waals surface area (Å²) in [5.41, 5.74) is 0. The van der Waals surface area contributed by atoms with E-state index in [-0.39, 0.29) is 0 Å². The molecule has 43 valence electrons. The lowest BCUT2D eigenvalue weighted by Gasteiger charge is -1.89. The van der Waals surface area contributed by atoms with Gasteiger partial charge in [0.25, 0.3) is 0 Å². The molecule has 0 amide bonds. The van der Waals surface area contributed by atoms with Gasteiger partial charge in [0.1, 0.15) is 0 Å². The van der Waals surface area contributed by atoms with Crippen molar-refractivity contribution in [1.29, 1.82) is 0 Å². The lowest BCUT2D eigenvalue weighted by atomic mass is 10.2. The average molecular weight is 101 g/mol. The summed E-state index contributed by atoms with van der Waals surface area (Å²) < 4.78 is 0. The first-order valence-electron chi connectivity index (χ1n) is 2.84. The molecular formula is C6H13O. The molecule has 0 saturated heterocycles. The summed E-state index contributed by atoms with van der Waals surface area (Å²) in [5, 5.41) is 8.27. The first-order chi connectivity index (χ1) is 3.41. The van der Waals surface area contributed by atoms with Crippen LogP contribution in [0.15, 0.2) is 0 Å². The van der Waals surface area contributed by atoms with Gasteiger partial charge in [0.15, 0.2) is 0 Å². The molecule has 0 aliphatic heterocycles. The molecule has 0 aromatic heterocycles. The average Bonchev–Trinajstić information content (AvgIpc) is 1.69. The highest BCUT2D eigenvalue weighted by Crippen LogP contribution is 1.94. The quantitative estimate of drug-likeness (QED) is 0.530. The van der Waals surface area contributed by atoms with E-state index in [0.717, 1.165) is 19.3 Å². The zero-order valence-electron chi connectivity index (χ0n) is 4.85. The molecule has 0 rings (SSSR count). The molecule has 0 atom stereocenters. The van der Waals surface area contributed by atoms with E-state index in [9.17, 15) is 0 Å². The molecule has 0 saturated carbocycles. The Hall–Kier alpha value is -0.0400. The third kappa shape index (κ3) is 5.96. The second-order valence-electron chi connectivity index (χ2n) is 1.56. The van der Waals surface area contributed by atoms with Gasteiger partial charge in [-0.15, -0.1) is 0 Å². The zero-order valence-corrected chi connectivity index (χ0v) is 4.85. The molecule has 0 spiro atoms. The molecule has 1 N–H and O–H groups in total. The number of hydrogen-bond donors (Lipinski definition) is 1. The Morgan fingerprint density at radius 3 is 2.71 bits per heavy atom. The van der Waals surface area contributed by atoms with E-state index in [2.05, 4.69) is 13.3 Å². The summed E-state index contributed by atoms with van der Waals surface area (Å²) in [7, 11) is 0. The molecule has 0 aromatic rings. The maximum atomic E-state index is 8.27. The summed E-state index contributed by atoms with van der Waals surface area (Å²) >= 11 is 0. The first kappa shape index (κ1) is 6.96. The highest BCUT2D eigenvalue weighted by Gasteiger charge is 1.81. The maximum Gasteiger partial charge on any atom is 0.0431 e. The highest BCUT2D eigenvalue weighted by molar-refractivity contribution is 4.59. The predicted octanol–water partition coefficient (Wildman–Crippen LogP) is 1.37. The van der Waals surface area contributed by atoms with E-state index < -0.39 is 0 Å². The molecule has 1 nitrogen and oxygen atoms in total. The minimum absolute atomic E-state index is 0.330. The molecule has 0 aromatic carbocycles. The van der Waals surface area contributed by atoms with E-state index >= 15 is 0 Å². The van der Waals surface area contributed by atoms with Crippen LogP contribution in [0.3, 0.4) is 0 Å². The van der Waals surface area contributed by atoms with Crippen molar-refractivity contribution in [3.05, 3.63) is 6.42 Å². The fourth-order valence-corrected chi connectivity index (χ4v) is 0.440. The van der Waals surface area contributed by atoms with Crippen LogP contribution in [0.5, 0.6) is 0 Å². The third-order valence-corrected chi connectivity index (χ3v) is 0.855. The van der Waals surface area contributed by atoms with Crippen LogP contribution in [-0.4, -0.2) is 11.7 Å². The lowest BCUT2D eigenvalue weighted by molar-refractivity contribution is 0.288. The van der Waals surface area contributed by atoms with Crippen LogP contribution in [0.2, 0.25) is 0 Å². The summed E-state index contributed by atoms with van der Waals surface area (Å²) in [5.74, 6) is 0. The second kappa shape index (κ2) is 5.96. The van der Waals surface area contributed by atoms with Gasteiger partial charge in [-0.3, -0.25) is 0 Å². The van der Waals surface area contributed by atoms with E-state index in [1.54, 1.807) is 0 Å². The molecule has 0 fully saturated rings. The van der Waals surface area contributed by atoms with Gasteiger partial charge in [-0.1, -0.05) is 13.3 Å². The highest BCUT2D eigenvalue weighted by atomic mass is 16.2. The van der Waals surface area contributed by atoms with Gasteiger partial charge in [-0.05, 0) is 19.3 Å². The second-order valence-corrected chi connectivity index (χ2v) is 1.56. The molecule has 0 heterocycles. The van der Waals surface area contributed by atoms with Crippen LogP contribution in [0, 0.1) is 6.42 Å². The lowest BCUT2D eigenvalue weighted by Crippen LogP contribution is -1.81. The normalized spacial score (nSPS) is 9.43. The Morgan fingerprint density at radius 1 is 1.57 bits per heavy atom. The standard InChI is InChI=1S/C6H13O/c1-2-3-4-5-6-7/h3,7H,2,4-6H2,1H3. The van der Waals surface area contributed by atoms with E-state index in [4.69, 9.17) is 5.11 Å². The predicted molar refractivity (Wildman–Crippen MR) is 30.9 cm³/mol. The van der Waals surface area contributed by atoms with Gasteiger partial charge in [0, 0.05) is 6.61 Å². The number of aliphatic hydroxyl groups is 1. The molecule has 7 heavy (non-hydrogen) atoms. The van der Waals surface area contributed by atoms with E-state index in [1.807, 2.05) is 0 Å². The van der Waals surface area contributed by atoms with Crippen molar-refractivity contribution in [3.8, 4) is 0 Å². The van der Waals surface area contributed by atoms with Crippen LogP contribution in [0.4, 0.5) is 0 Å². The molecule has 0 bridgehead atoms. The number of hydrogen-bond acceptors (Lipinski definition) is 1. The molecule has 0 aliphatic rings. The Morgan fingerprint density at radius 2 is 2.29 bits per heavy atom. The van der Waals surface area contributed by atoms with Gasteiger partial charge < -0.3 is 5.11 Å². The number of unbranched alkanes of at least 4 members (excludes halogenated alkanes) is 3. The van der Waals surface area contributed by atoms with Crippen molar-refractivity contribution < 1.29 is 5.11 Å². The number of aliphatic hydroxyl groups excluding tert-OH is 1. The topological polar surface area (TPSA) is 20.2 Å². The van der Waals surface area contributed by atoms with E-state index in [1.165, 1.54) is 0 Å². The largest absolute Gasteiger partial charge is 0.396 e. The monoisotopic (exact) mass is 101 g/mol. The SMILES string of the molecule is CC[CH]CCCO. The summed E-state index contributed by atoms with van der Waals surface area (Å²) in [6.45, 7) is 2.44. The van der Waals surface area contributed by atoms with Crippen LogP contribution in [0.1, 0.15) is 26.2 Å².